The van der Waals surface area contributed by atoms with E-state index in [0.29, 0.717) is 12.1 Å². The van der Waals surface area contributed by atoms with Crippen LogP contribution in [0.15, 0.2) is 23.1 Å². The van der Waals surface area contributed by atoms with Crippen LogP contribution in [0.1, 0.15) is 26.3 Å². The Morgan fingerprint density at radius 2 is 1.90 bits per heavy atom. The van der Waals surface area contributed by atoms with Gasteiger partial charge in [-0.3, -0.25) is 0 Å². The smallest absolute Gasteiger partial charge is 0.242 e. The van der Waals surface area contributed by atoms with Gasteiger partial charge in [-0.05, 0) is 30.7 Å². The van der Waals surface area contributed by atoms with E-state index in [4.69, 9.17) is 0 Å². The summed E-state index contributed by atoms with van der Waals surface area (Å²) in [5.74, 6) is -0.406. The van der Waals surface area contributed by atoms with Gasteiger partial charge < -0.3 is 5.32 Å². The van der Waals surface area contributed by atoms with E-state index < -0.39 is 15.8 Å². The number of rotatable bonds is 5. The molecule has 1 rings (SSSR count). The lowest BCUT2D eigenvalue weighted by atomic mass is 9.97. The second-order valence-electron chi connectivity index (χ2n) is 6.11. The van der Waals surface area contributed by atoms with Gasteiger partial charge >= 0.3 is 0 Å². The highest BCUT2D eigenvalue weighted by Gasteiger charge is 2.25. The van der Waals surface area contributed by atoms with E-state index in [1.807, 2.05) is 20.8 Å². The van der Waals surface area contributed by atoms with Crippen LogP contribution in [0.4, 0.5) is 4.39 Å². The second kappa shape index (κ2) is 6.20. The summed E-state index contributed by atoms with van der Waals surface area (Å²) in [5.41, 5.74) is 0.202. The van der Waals surface area contributed by atoms with Crippen molar-refractivity contribution in [2.45, 2.75) is 32.2 Å². The molecule has 0 atom stereocenters. The van der Waals surface area contributed by atoms with Crippen LogP contribution >= 0.6 is 0 Å². The molecule has 0 radical (unpaired) electrons. The molecule has 1 aromatic carbocycles. The van der Waals surface area contributed by atoms with E-state index >= 15 is 0 Å². The van der Waals surface area contributed by atoms with Crippen LogP contribution in [0, 0.1) is 11.2 Å². The summed E-state index contributed by atoms with van der Waals surface area (Å²) in [5, 5.41) is 2.82. The average molecular weight is 302 g/mol. The van der Waals surface area contributed by atoms with Crippen LogP contribution < -0.4 is 5.32 Å². The van der Waals surface area contributed by atoms with Crippen molar-refractivity contribution in [3.8, 4) is 0 Å². The molecule has 114 valence electrons. The molecule has 0 aliphatic rings. The molecule has 1 aromatic rings. The summed E-state index contributed by atoms with van der Waals surface area (Å²) >= 11 is 0. The topological polar surface area (TPSA) is 49.4 Å². The summed E-state index contributed by atoms with van der Waals surface area (Å²) in [6.07, 6.45) is 0. The first-order valence-electron chi connectivity index (χ1n) is 6.47. The third-order valence-electron chi connectivity index (χ3n) is 2.79. The Morgan fingerprint density at radius 1 is 1.30 bits per heavy atom. The first-order chi connectivity index (χ1) is 9.08. The van der Waals surface area contributed by atoms with Crippen LogP contribution in [0.25, 0.3) is 0 Å². The molecular weight excluding hydrogens is 279 g/mol. The fourth-order valence-electron chi connectivity index (χ4n) is 1.97. The average Bonchev–Trinajstić information content (AvgIpc) is 2.29. The van der Waals surface area contributed by atoms with E-state index in [9.17, 15) is 12.8 Å². The van der Waals surface area contributed by atoms with Gasteiger partial charge in [0.2, 0.25) is 10.0 Å². The zero-order chi connectivity index (χ0) is 15.6. The summed E-state index contributed by atoms with van der Waals surface area (Å²) in [7, 11) is -0.361. The molecule has 0 saturated heterocycles. The van der Waals surface area contributed by atoms with Gasteiger partial charge in [0, 0.05) is 25.7 Å². The predicted octanol–water partition coefficient (Wildman–Crippen LogP) is 2.21. The third-order valence-corrected chi connectivity index (χ3v) is 4.59. The van der Waals surface area contributed by atoms with Crippen LogP contribution in [0.5, 0.6) is 0 Å². The molecule has 0 aliphatic carbocycles. The Hall–Kier alpha value is -0.980. The molecule has 0 aliphatic heterocycles. The molecule has 6 heteroatoms. The highest BCUT2D eigenvalue weighted by atomic mass is 32.2. The molecule has 0 spiro atoms. The number of nitrogens with zero attached hydrogens (tertiary/aromatic N) is 1. The number of benzene rings is 1. The molecule has 0 unspecified atom stereocenters. The number of nitrogens with one attached hydrogen (secondary N) is 1. The minimum atomic E-state index is -3.59. The Morgan fingerprint density at radius 3 is 2.40 bits per heavy atom. The monoisotopic (exact) mass is 302 g/mol. The van der Waals surface area contributed by atoms with Crippen molar-refractivity contribution in [1.29, 1.82) is 0 Å². The molecule has 0 fully saturated rings. The first kappa shape index (κ1) is 17.1. The Balaban J connectivity index is 3.12. The van der Waals surface area contributed by atoms with Gasteiger partial charge in [-0.15, -0.1) is 0 Å². The van der Waals surface area contributed by atoms with Crippen molar-refractivity contribution in [1.82, 2.24) is 9.62 Å². The maximum Gasteiger partial charge on any atom is 0.242 e. The summed E-state index contributed by atoms with van der Waals surface area (Å²) in [6.45, 7) is 6.59. The summed E-state index contributed by atoms with van der Waals surface area (Å²) in [6, 6.07) is 3.90. The highest BCUT2D eigenvalue weighted by molar-refractivity contribution is 7.89. The van der Waals surface area contributed by atoms with Crippen molar-refractivity contribution < 1.29 is 12.8 Å². The van der Waals surface area contributed by atoms with Crippen molar-refractivity contribution in [3.63, 3.8) is 0 Å². The lowest BCUT2D eigenvalue weighted by Gasteiger charge is -2.26. The van der Waals surface area contributed by atoms with E-state index in [2.05, 4.69) is 5.32 Å². The molecule has 0 aromatic heterocycles. The van der Waals surface area contributed by atoms with E-state index in [-0.39, 0.29) is 16.9 Å². The molecule has 20 heavy (non-hydrogen) atoms. The van der Waals surface area contributed by atoms with Crippen LogP contribution in [0.3, 0.4) is 0 Å². The lowest BCUT2D eigenvalue weighted by molar-refractivity contribution is 0.310. The summed E-state index contributed by atoms with van der Waals surface area (Å²) in [4.78, 5) is 0.121. The molecule has 4 nitrogen and oxygen atoms in total. The van der Waals surface area contributed by atoms with Crippen molar-refractivity contribution in [2.24, 2.45) is 5.41 Å². The summed E-state index contributed by atoms with van der Waals surface area (Å²) < 4.78 is 39.8. The van der Waals surface area contributed by atoms with E-state index in [0.717, 1.165) is 0 Å². The van der Waals surface area contributed by atoms with Crippen LogP contribution in [-0.4, -0.2) is 33.4 Å². The highest BCUT2D eigenvalue weighted by Crippen LogP contribution is 2.22. The number of hydrogen-bond donors (Lipinski definition) is 1. The van der Waals surface area contributed by atoms with E-state index in [1.165, 1.54) is 22.5 Å². The maximum atomic E-state index is 13.6. The number of sulfonamides is 1. The minimum Gasteiger partial charge on any atom is -0.316 e. The van der Waals surface area contributed by atoms with Gasteiger partial charge in [-0.2, -0.15) is 0 Å². The largest absolute Gasteiger partial charge is 0.316 e. The zero-order valence-corrected chi connectivity index (χ0v) is 13.5. The maximum absolute atomic E-state index is 13.6. The van der Waals surface area contributed by atoms with Gasteiger partial charge in [0.1, 0.15) is 5.82 Å². The SMILES string of the molecule is CNCc1cc(S(=O)(=O)N(C)CC(C)(C)C)ccc1F. The fourth-order valence-corrected chi connectivity index (χ4v) is 3.42. The van der Waals surface area contributed by atoms with E-state index in [1.54, 1.807) is 14.1 Å². The molecule has 0 amide bonds. The van der Waals surface area contributed by atoms with Gasteiger partial charge in [0.05, 0.1) is 4.90 Å². The molecular formula is C14H23FN2O2S. The van der Waals surface area contributed by atoms with Gasteiger partial charge in [0.25, 0.3) is 0 Å². The fraction of sp³-hybridized carbons (Fsp3) is 0.571. The Bertz CT molecular complexity index is 565. The van der Waals surface area contributed by atoms with Crippen LogP contribution in [0.2, 0.25) is 0 Å². The van der Waals surface area contributed by atoms with Gasteiger partial charge in [0.15, 0.2) is 0 Å². The standard InChI is InChI=1S/C14H23FN2O2S/c1-14(2,3)10-17(5)20(18,19)12-6-7-13(15)11(8-12)9-16-4/h6-8,16H,9-10H2,1-5H3. The first-order valence-corrected chi connectivity index (χ1v) is 7.91. The zero-order valence-electron chi connectivity index (χ0n) is 12.7. The quantitative estimate of drug-likeness (QED) is 0.907. The molecule has 1 N–H and O–H groups in total. The normalized spacial score (nSPS) is 12.9. The number of hydrogen-bond acceptors (Lipinski definition) is 3. The van der Waals surface area contributed by atoms with Crippen molar-refractivity contribution in [3.05, 3.63) is 29.6 Å². The van der Waals surface area contributed by atoms with Crippen molar-refractivity contribution in [2.75, 3.05) is 20.6 Å². The lowest BCUT2D eigenvalue weighted by Crippen LogP contribution is -2.34. The molecule has 0 bridgehead atoms. The predicted molar refractivity (Wildman–Crippen MR) is 78.4 cm³/mol. The Labute approximate surface area is 121 Å². The number of halogens is 1. The van der Waals surface area contributed by atoms with Crippen LogP contribution in [-0.2, 0) is 16.6 Å². The van der Waals surface area contributed by atoms with Crippen molar-refractivity contribution >= 4 is 10.0 Å². The third kappa shape index (κ3) is 4.26. The second-order valence-corrected chi connectivity index (χ2v) is 8.15. The Kier molecular flexibility index (Phi) is 5.29. The molecule has 0 saturated carbocycles. The molecule has 0 heterocycles. The minimum absolute atomic E-state index is 0.121. The van der Waals surface area contributed by atoms with Gasteiger partial charge in [-0.1, -0.05) is 20.8 Å². The van der Waals surface area contributed by atoms with Gasteiger partial charge in [-0.25, -0.2) is 17.1 Å².